The highest BCUT2D eigenvalue weighted by atomic mass is 16.4. The fraction of sp³-hybridized carbons (Fsp3) is 0.522. The van der Waals surface area contributed by atoms with Gasteiger partial charge in [-0.25, -0.2) is 4.79 Å². The van der Waals surface area contributed by atoms with Crippen molar-refractivity contribution in [3.8, 4) is 11.1 Å². The first-order valence-electron chi connectivity index (χ1n) is 10.7. The second-order valence-corrected chi connectivity index (χ2v) is 8.84. The van der Waals surface area contributed by atoms with Crippen molar-refractivity contribution in [1.29, 1.82) is 0 Å². The normalized spacial score (nSPS) is 18.4. The number of hydrogen-bond acceptors (Lipinski definition) is 4. The van der Waals surface area contributed by atoms with Crippen molar-refractivity contribution >= 4 is 17.7 Å². The highest BCUT2D eigenvalue weighted by molar-refractivity contribution is 5.94. The minimum Gasteiger partial charge on any atom is -0.465 e. The average molecular weight is 428 g/mol. The predicted octanol–water partition coefficient (Wildman–Crippen LogP) is 3.69. The van der Waals surface area contributed by atoms with Crippen LogP contribution in [0, 0.1) is 0 Å². The number of hydrogen-bond donors (Lipinski definition) is 1. The Morgan fingerprint density at radius 1 is 1.26 bits per heavy atom. The molecule has 3 rings (SSSR count). The van der Waals surface area contributed by atoms with Crippen LogP contribution in [0.2, 0.25) is 0 Å². The minimum atomic E-state index is -0.948. The van der Waals surface area contributed by atoms with E-state index in [0.717, 1.165) is 35.5 Å². The number of likely N-dealkylation sites (N-methyl/N-ethyl adjacent to an activating group) is 1. The second kappa shape index (κ2) is 9.09. The first kappa shape index (κ1) is 22.8. The number of aromatic nitrogens is 2. The molecule has 2 atom stereocenters. The molecular formula is C23H33N5O3. The number of nitrogens with zero attached hydrogens (tertiary/aromatic N) is 5. The van der Waals surface area contributed by atoms with Gasteiger partial charge in [-0.1, -0.05) is 6.07 Å². The average Bonchev–Trinajstić information content (AvgIpc) is 3.14. The summed E-state index contributed by atoms with van der Waals surface area (Å²) >= 11 is 0. The number of amides is 2. The molecule has 2 heterocycles. The van der Waals surface area contributed by atoms with E-state index < -0.39 is 6.09 Å². The molecule has 0 spiro atoms. The molecule has 8 nitrogen and oxygen atoms in total. The van der Waals surface area contributed by atoms with Gasteiger partial charge in [-0.3, -0.25) is 14.4 Å². The lowest BCUT2D eigenvalue weighted by molar-refractivity contribution is -0.117. The Labute approximate surface area is 184 Å². The molecular weight excluding hydrogens is 394 g/mol. The molecule has 2 aromatic rings. The Hall–Kier alpha value is -2.87. The monoisotopic (exact) mass is 427 g/mol. The van der Waals surface area contributed by atoms with E-state index >= 15 is 0 Å². The lowest BCUT2D eigenvalue weighted by Gasteiger charge is -2.43. The predicted molar refractivity (Wildman–Crippen MR) is 121 cm³/mol. The largest absolute Gasteiger partial charge is 0.465 e. The Morgan fingerprint density at radius 2 is 1.97 bits per heavy atom. The lowest BCUT2D eigenvalue weighted by Crippen LogP contribution is -2.48. The Morgan fingerprint density at radius 3 is 2.55 bits per heavy atom. The van der Waals surface area contributed by atoms with Gasteiger partial charge < -0.3 is 14.9 Å². The first-order valence-corrected chi connectivity index (χ1v) is 10.7. The van der Waals surface area contributed by atoms with Gasteiger partial charge in [0.05, 0.1) is 18.8 Å². The van der Waals surface area contributed by atoms with Gasteiger partial charge in [0, 0.05) is 43.0 Å². The zero-order chi connectivity index (χ0) is 22.9. The number of carbonyl (C=O) groups excluding carboxylic acids is 1. The first-order chi connectivity index (χ1) is 14.6. The van der Waals surface area contributed by atoms with E-state index in [1.165, 1.54) is 4.90 Å². The van der Waals surface area contributed by atoms with E-state index in [2.05, 4.69) is 10.00 Å². The van der Waals surface area contributed by atoms with Crippen molar-refractivity contribution in [3.63, 3.8) is 0 Å². The van der Waals surface area contributed by atoms with Gasteiger partial charge in [0.2, 0.25) is 5.91 Å². The number of rotatable bonds is 6. The van der Waals surface area contributed by atoms with Crippen LogP contribution in [0.15, 0.2) is 30.6 Å². The molecule has 8 heteroatoms. The molecule has 0 saturated carbocycles. The highest BCUT2D eigenvalue weighted by Crippen LogP contribution is 2.43. The number of fused-ring (bicyclic) bond motifs is 1. The van der Waals surface area contributed by atoms with Crippen LogP contribution >= 0.6 is 0 Å². The van der Waals surface area contributed by atoms with Gasteiger partial charge in [-0.05, 0) is 64.5 Å². The van der Waals surface area contributed by atoms with E-state index in [1.54, 1.807) is 11.8 Å². The van der Waals surface area contributed by atoms with Crippen molar-refractivity contribution in [2.75, 3.05) is 25.5 Å². The zero-order valence-corrected chi connectivity index (χ0v) is 19.2. The van der Waals surface area contributed by atoms with Crippen molar-refractivity contribution in [2.24, 2.45) is 0 Å². The molecule has 0 bridgehead atoms. The Bertz CT molecular complexity index is 952. The molecule has 0 fully saturated rings. The molecule has 31 heavy (non-hydrogen) atoms. The Kier molecular flexibility index (Phi) is 6.69. The van der Waals surface area contributed by atoms with Gasteiger partial charge >= 0.3 is 6.09 Å². The maximum absolute atomic E-state index is 12.4. The summed E-state index contributed by atoms with van der Waals surface area (Å²) in [7, 11) is 4.05. The third-order valence-corrected chi connectivity index (χ3v) is 5.85. The van der Waals surface area contributed by atoms with Crippen LogP contribution in [0.1, 0.15) is 45.7 Å². The number of anilines is 1. The molecule has 1 aromatic heterocycles. The fourth-order valence-corrected chi connectivity index (χ4v) is 4.41. The van der Waals surface area contributed by atoms with Crippen LogP contribution in [0.4, 0.5) is 10.5 Å². The van der Waals surface area contributed by atoms with E-state index in [1.807, 2.05) is 70.1 Å². The summed E-state index contributed by atoms with van der Waals surface area (Å²) in [6.45, 7) is 8.97. The Balaban J connectivity index is 2.05. The van der Waals surface area contributed by atoms with E-state index in [4.69, 9.17) is 0 Å². The number of carbonyl (C=O) groups is 2. The molecule has 1 aromatic carbocycles. The third kappa shape index (κ3) is 4.74. The summed E-state index contributed by atoms with van der Waals surface area (Å²) in [6, 6.07) is 5.36. The van der Waals surface area contributed by atoms with Crippen molar-refractivity contribution in [1.82, 2.24) is 19.6 Å². The quantitative estimate of drug-likeness (QED) is 0.760. The molecule has 1 N–H and O–H groups in total. The molecule has 0 unspecified atom stereocenters. The molecule has 0 saturated heterocycles. The second-order valence-electron chi connectivity index (χ2n) is 8.84. The van der Waals surface area contributed by atoms with Gasteiger partial charge in [0.1, 0.15) is 0 Å². The van der Waals surface area contributed by atoms with Crippen molar-refractivity contribution < 1.29 is 14.7 Å². The van der Waals surface area contributed by atoms with E-state index in [9.17, 15) is 14.7 Å². The van der Waals surface area contributed by atoms with Crippen LogP contribution < -0.4 is 4.90 Å². The van der Waals surface area contributed by atoms with Crippen molar-refractivity contribution in [3.05, 3.63) is 36.2 Å². The van der Waals surface area contributed by atoms with Crippen LogP contribution in [0.25, 0.3) is 11.1 Å². The zero-order valence-electron chi connectivity index (χ0n) is 19.2. The van der Waals surface area contributed by atoms with Crippen LogP contribution in [0.3, 0.4) is 0 Å². The van der Waals surface area contributed by atoms with Gasteiger partial charge in [-0.15, -0.1) is 0 Å². The van der Waals surface area contributed by atoms with Gasteiger partial charge in [0.25, 0.3) is 0 Å². The lowest BCUT2D eigenvalue weighted by atomic mass is 9.88. The maximum Gasteiger partial charge on any atom is 0.408 e. The molecule has 1 aliphatic heterocycles. The summed E-state index contributed by atoms with van der Waals surface area (Å²) < 4.78 is 1.91. The maximum atomic E-state index is 12.4. The SMILES string of the molecule is CC(=O)N1c2ccc(-c3cnn(CCN(C)C)c3)cc2[C@H](N(C(=O)O)C(C)C)C[C@@H]1C. The smallest absolute Gasteiger partial charge is 0.408 e. The van der Waals surface area contributed by atoms with Crippen LogP contribution in [-0.4, -0.2) is 69.4 Å². The molecule has 168 valence electrons. The molecule has 0 radical (unpaired) electrons. The highest BCUT2D eigenvalue weighted by Gasteiger charge is 2.38. The fourth-order valence-electron chi connectivity index (χ4n) is 4.41. The molecule has 0 aliphatic carbocycles. The summed E-state index contributed by atoms with van der Waals surface area (Å²) in [6.07, 6.45) is 3.45. The molecule has 1 aliphatic rings. The van der Waals surface area contributed by atoms with Gasteiger partial charge in [-0.2, -0.15) is 5.10 Å². The number of carboxylic acid groups (broad SMARTS) is 1. The van der Waals surface area contributed by atoms with E-state index in [0.29, 0.717) is 6.42 Å². The molecule has 2 amide bonds. The van der Waals surface area contributed by atoms with E-state index in [-0.39, 0.29) is 24.0 Å². The van der Waals surface area contributed by atoms with Crippen LogP contribution in [-0.2, 0) is 11.3 Å². The summed E-state index contributed by atoms with van der Waals surface area (Å²) in [5.41, 5.74) is 3.58. The number of benzene rings is 1. The topological polar surface area (TPSA) is 81.9 Å². The summed E-state index contributed by atoms with van der Waals surface area (Å²) in [5.74, 6) is -0.0390. The standard InChI is InChI=1S/C23H33N5O3/c1-15(2)27(23(30)31)22-11-16(3)28(17(4)29)21-8-7-18(12-20(21)22)19-13-24-26(14-19)10-9-25(5)6/h7-8,12-16,22H,9-11H2,1-6H3,(H,30,31)/t16-,22+/m0/s1. The third-order valence-electron chi connectivity index (χ3n) is 5.85. The minimum absolute atomic E-state index is 0.0390. The summed E-state index contributed by atoms with van der Waals surface area (Å²) in [4.78, 5) is 29.8. The summed E-state index contributed by atoms with van der Waals surface area (Å²) in [5, 5.41) is 14.4. The van der Waals surface area contributed by atoms with Crippen molar-refractivity contribution in [2.45, 2.75) is 58.8 Å². The van der Waals surface area contributed by atoms with Crippen LogP contribution in [0.5, 0.6) is 0 Å². The van der Waals surface area contributed by atoms with Gasteiger partial charge in [0.15, 0.2) is 0 Å².